The second-order valence-corrected chi connectivity index (χ2v) is 5.66. The fourth-order valence-corrected chi connectivity index (χ4v) is 2.86. The lowest BCUT2D eigenvalue weighted by atomic mass is 10.1. The molecule has 1 aliphatic carbocycles. The summed E-state index contributed by atoms with van der Waals surface area (Å²) in [6, 6.07) is 4.45. The predicted octanol–water partition coefficient (Wildman–Crippen LogP) is 2.90. The van der Waals surface area contributed by atoms with E-state index >= 15 is 0 Å². The zero-order valence-corrected chi connectivity index (χ0v) is 13.3. The summed E-state index contributed by atoms with van der Waals surface area (Å²) in [7, 11) is 1.45. The van der Waals surface area contributed by atoms with Gasteiger partial charge < -0.3 is 19.7 Å². The standard InChI is InChI=1S/C17H18N2O5/c1-23-10-7-8-13(12(9-10)17(21)22)18-16(20)15-11-5-3-2-4-6-14(11)24-19-15/h7-9H,2-6H2,1H3,(H,18,20)(H,21,22). The monoisotopic (exact) mass is 330 g/mol. The normalized spacial score (nSPS) is 13.7. The number of methoxy groups -OCH3 is 1. The van der Waals surface area contributed by atoms with Crippen LogP contribution in [0.4, 0.5) is 5.69 Å². The van der Waals surface area contributed by atoms with Gasteiger partial charge in [-0.1, -0.05) is 11.6 Å². The zero-order chi connectivity index (χ0) is 17.1. The Morgan fingerprint density at radius 3 is 2.79 bits per heavy atom. The number of aryl methyl sites for hydroxylation is 1. The van der Waals surface area contributed by atoms with Gasteiger partial charge in [0, 0.05) is 12.0 Å². The third-order valence-corrected chi connectivity index (χ3v) is 4.12. The van der Waals surface area contributed by atoms with Crippen molar-refractivity contribution < 1.29 is 24.0 Å². The molecule has 126 valence electrons. The van der Waals surface area contributed by atoms with Gasteiger partial charge in [0.05, 0.1) is 18.4 Å². The number of ether oxygens (including phenoxy) is 1. The predicted molar refractivity (Wildman–Crippen MR) is 85.7 cm³/mol. The molecule has 0 saturated heterocycles. The number of rotatable bonds is 4. The van der Waals surface area contributed by atoms with Gasteiger partial charge in [-0.3, -0.25) is 4.79 Å². The van der Waals surface area contributed by atoms with Crippen LogP contribution in [0.5, 0.6) is 5.75 Å². The number of aromatic nitrogens is 1. The molecule has 24 heavy (non-hydrogen) atoms. The third kappa shape index (κ3) is 3.10. The summed E-state index contributed by atoms with van der Waals surface area (Å²) in [4.78, 5) is 23.9. The molecule has 2 N–H and O–H groups in total. The van der Waals surface area contributed by atoms with Crippen molar-refractivity contribution in [2.75, 3.05) is 12.4 Å². The zero-order valence-electron chi connectivity index (χ0n) is 13.3. The van der Waals surface area contributed by atoms with Crippen molar-refractivity contribution in [3.8, 4) is 5.75 Å². The summed E-state index contributed by atoms with van der Waals surface area (Å²) < 4.78 is 10.3. The van der Waals surface area contributed by atoms with E-state index < -0.39 is 11.9 Å². The van der Waals surface area contributed by atoms with Crippen molar-refractivity contribution in [2.45, 2.75) is 32.1 Å². The first-order chi connectivity index (χ1) is 11.6. The van der Waals surface area contributed by atoms with Crippen LogP contribution < -0.4 is 10.1 Å². The maximum atomic E-state index is 12.5. The minimum Gasteiger partial charge on any atom is -0.497 e. The van der Waals surface area contributed by atoms with Gasteiger partial charge in [0.2, 0.25) is 0 Å². The van der Waals surface area contributed by atoms with Crippen LogP contribution in [-0.2, 0) is 12.8 Å². The van der Waals surface area contributed by atoms with E-state index in [9.17, 15) is 14.7 Å². The van der Waals surface area contributed by atoms with Gasteiger partial charge in [-0.2, -0.15) is 0 Å². The number of carboxylic acids is 1. The van der Waals surface area contributed by atoms with Crippen LogP contribution in [0.15, 0.2) is 22.7 Å². The van der Waals surface area contributed by atoms with E-state index in [1.54, 1.807) is 6.07 Å². The molecule has 0 unspecified atom stereocenters. The van der Waals surface area contributed by atoms with Gasteiger partial charge in [0.15, 0.2) is 5.69 Å². The molecule has 0 saturated carbocycles. The van der Waals surface area contributed by atoms with Crippen LogP contribution >= 0.6 is 0 Å². The Morgan fingerprint density at radius 1 is 1.25 bits per heavy atom. The summed E-state index contributed by atoms with van der Waals surface area (Å²) in [5.41, 5.74) is 1.21. The molecular weight excluding hydrogens is 312 g/mol. The maximum Gasteiger partial charge on any atom is 0.337 e. The number of carbonyl (C=O) groups excluding carboxylic acids is 1. The van der Waals surface area contributed by atoms with E-state index in [1.807, 2.05) is 0 Å². The summed E-state index contributed by atoms with van der Waals surface area (Å²) >= 11 is 0. The molecule has 0 atom stereocenters. The number of fused-ring (bicyclic) bond motifs is 1. The van der Waals surface area contributed by atoms with Crippen LogP contribution in [0.2, 0.25) is 0 Å². The highest BCUT2D eigenvalue weighted by atomic mass is 16.5. The molecule has 0 spiro atoms. The number of amides is 1. The van der Waals surface area contributed by atoms with Crippen LogP contribution in [-0.4, -0.2) is 29.2 Å². The van der Waals surface area contributed by atoms with E-state index in [4.69, 9.17) is 9.26 Å². The fraction of sp³-hybridized carbons (Fsp3) is 0.353. The topological polar surface area (TPSA) is 102 Å². The Bertz CT molecular complexity index is 781. The Morgan fingerprint density at radius 2 is 2.04 bits per heavy atom. The fourth-order valence-electron chi connectivity index (χ4n) is 2.86. The molecule has 3 rings (SSSR count). The molecule has 0 bridgehead atoms. The Hall–Kier alpha value is -2.83. The highest BCUT2D eigenvalue weighted by Crippen LogP contribution is 2.26. The van der Waals surface area contributed by atoms with Gasteiger partial charge in [-0.25, -0.2) is 4.79 Å². The Labute approximate surface area is 138 Å². The van der Waals surface area contributed by atoms with Gasteiger partial charge in [0.1, 0.15) is 11.5 Å². The van der Waals surface area contributed by atoms with Crippen molar-refractivity contribution in [1.29, 1.82) is 0 Å². The lowest BCUT2D eigenvalue weighted by molar-refractivity contribution is 0.0697. The van der Waals surface area contributed by atoms with E-state index in [1.165, 1.54) is 19.2 Å². The van der Waals surface area contributed by atoms with E-state index in [0.29, 0.717) is 5.75 Å². The van der Waals surface area contributed by atoms with E-state index in [-0.39, 0.29) is 16.9 Å². The number of aromatic carboxylic acids is 1. The average Bonchev–Trinajstić information content (AvgIpc) is 2.84. The van der Waals surface area contributed by atoms with E-state index in [2.05, 4.69) is 10.5 Å². The van der Waals surface area contributed by atoms with Crippen molar-refractivity contribution in [3.63, 3.8) is 0 Å². The number of nitrogens with zero attached hydrogens (tertiary/aromatic N) is 1. The van der Waals surface area contributed by atoms with Gasteiger partial charge in [-0.15, -0.1) is 0 Å². The molecule has 0 fully saturated rings. The number of hydrogen-bond donors (Lipinski definition) is 2. The molecule has 0 radical (unpaired) electrons. The van der Waals surface area contributed by atoms with Crippen molar-refractivity contribution in [1.82, 2.24) is 5.16 Å². The number of carbonyl (C=O) groups is 2. The number of benzene rings is 1. The third-order valence-electron chi connectivity index (χ3n) is 4.12. The number of nitrogens with one attached hydrogen (secondary N) is 1. The second-order valence-electron chi connectivity index (χ2n) is 5.66. The average molecular weight is 330 g/mol. The van der Waals surface area contributed by atoms with Crippen LogP contribution in [0.25, 0.3) is 0 Å². The number of carboxylic acid groups (broad SMARTS) is 1. The Kier molecular flexibility index (Phi) is 4.50. The highest BCUT2D eigenvalue weighted by Gasteiger charge is 2.24. The molecule has 1 aromatic heterocycles. The summed E-state index contributed by atoms with van der Waals surface area (Å²) in [5.74, 6) is -0.454. The molecule has 1 amide bonds. The molecule has 1 aliphatic rings. The SMILES string of the molecule is COc1ccc(NC(=O)c2noc3c2CCCCC3)c(C(=O)O)c1. The second kappa shape index (κ2) is 6.74. The first-order valence-electron chi connectivity index (χ1n) is 7.80. The lowest BCUT2D eigenvalue weighted by Gasteiger charge is -2.09. The molecule has 1 aromatic carbocycles. The van der Waals surface area contributed by atoms with Crippen LogP contribution in [0, 0.1) is 0 Å². The molecule has 7 nitrogen and oxygen atoms in total. The van der Waals surface area contributed by atoms with Crippen LogP contribution in [0.3, 0.4) is 0 Å². The number of anilines is 1. The molecule has 7 heteroatoms. The van der Waals surface area contributed by atoms with Crippen molar-refractivity contribution in [2.24, 2.45) is 0 Å². The van der Waals surface area contributed by atoms with Crippen molar-refractivity contribution >= 4 is 17.6 Å². The molecule has 1 heterocycles. The quantitative estimate of drug-likeness (QED) is 0.836. The van der Waals surface area contributed by atoms with Crippen molar-refractivity contribution in [3.05, 3.63) is 40.8 Å². The largest absolute Gasteiger partial charge is 0.497 e. The maximum absolute atomic E-state index is 12.5. The van der Waals surface area contributed by atoms with Gasteiger partial charge in [-0.05, 0) is 37.5 Å². The smallest absolute Gasteiger partial charge is 0.337 e. The summed E-state index contributed by atoms with van der Waals surface area (Å²) in [6.45, 7) is 0. The highest BCUT2D eigenvalue weighted by molar-refractivity contribution is 6.07. The van der Waals surface area contributed by atoms with Crippen LogP contribution in [0.1, 0.15) is 51.4 Å². The van der Waals surface area contributed by atoms with Gasteiger partial charge >= 0.3 is 5.97 Å². The van der Waals surface area contributed by atoms with E-state index in [0.717, 1.165) is 43.4 Å². The first-order valence-corrected chi connectivity index (χ1v) is 7.80. The Balaban J connectivity index is 1.88. The minimum absolute atomic E-state index is 0.0442. The van der Waals surface area contributed by atoms with Gasteiger partial charge in [0.25, 0.3) is 5.91 Å². The lowest BCUT2D eigenvalue weighted by Crippen LogP contribution is -2.17. The molecule has 0 aliphatic heterocycles. The summed E-state index contributed by atoms with van der Waals surface area (Å²) in [5, 5.41) is 15.8. The first kappa shape index (κ1) is 16.0. The minimum atomic E-state index is -1.15. The molecule has 2 aromatic rings. The summed E-state index contributed by atoms with van der Waals surface area (Å²) in [6.07, 6.45) is 4.61. The number of hydrogen-bond acceptors (Lipinski definition) is 5. The molecular formula is C17H18N2O5.